The van der Waals surface area contributed by atoms with E-state index < -0.39 is 12.1 Å². The molecule has 6 nitrogen and oxygen atoms in total. The van der Waals surface area contributed by atoms with Gasteiger partial charge in [-0.15, -0.1) is 0 Å². The Morgan fingerprint density at radius 3 is 2.42 bits per heavy atom. The Morgan fingerprint density at radius 2 is 1.89 bits per heavy atom. The van der Waals surface area contributed by atoms with Crippen molar-refractivity contribution >= 4 is 11.8 Å². The first-order valence-corrected chi connectivity index (χ1v) is 6.89. The highest BCUT2D eigenvalue weighted by atomic mass is 16.5. The molecule has 3 N–H and O–H groups in total. The quantitative estimate of drug-likeness (QED) is 0.720. The molecule has 0 radical (unpaired) electrons. The van der Waals surface area contributed by atoms with Crippen molar-refractivity contribution in [3.63, 3.8) is 0 Å². The van der Waals surface area contributed by atoms with E-state index in [2.05, 4.69) is 5.32 Å². The van der Waals surface area contributed by atoms with Gasteiger partial charge in [0, 0.05) is 13.1 Å². The molecule has 6 heteroatoms. The van der Waals surface area contributed by atoms with Crippen molar-refractivity contribution in [2.45, 2.75) is 39.3 Å². The maximum atomic E-state index is 12.1. The van der Waals surface area contributed by atoms with Crippen LogP contribution in [0.25, 0.3) is 0 Å². The summed E-state index contributed by atoms with van der Waals surface area (Å²) in [6, 6.07) is -1.11. The Morgan fingerprint density at radius 1 is 1.32 bits per heavy atom. The van der Waals surface area contributed by atoms with E-state index in [9.17, 15) is 9.59 Å². The summed E-state index contributed by atoms with van der Waals surface area (Å²) >= 11 is 0. The minimum atomic E-state index is -0.565. The molecule has 2 amide bonds. The van der Waals surface area contributed by atoms with Gasteiger partial charge in [-0.25, -0.2) is 0 Å². The SMILES string of the molecule is CCC(C)[C@H](N)C(=O)NC(C)C(=O)N1CCOCC1. The van der Waals surface area contributed by atoms with Crippen LogP contribution in [0.2, 0.25) is 0 Å². The average Bonchev–Trinajstić information content (AvgIpc) is 2.45. The van der Waals surface area contributed by atoms with Crippen LogP contribution in [-0.2, 0) is 14.3 Å². The predicted octanol–water partition coefficient (Wildman–Crippen LogP) is -0.277. The highest BCUT2D eigenvalue weighted by molar-refractivity contribution is 5.89. The molecule has 0 spiro atoms. The van der Waals surface area contributed by atoms with Gasteiger partial charge in [-0.05, 0) is 12.8 Å². The summed E-state index contributed by atoms with van der Waals surface area (Å²) in [6.45, 7) is 7.88. The molecule has 3 atom stereocenters. The first-order valence-electron chi connectivity index (χ1n) is 6.89. The van der Waals surface area contributed by atoms with Crippen LogP contribution in [0.1, 0.15) is 27.2 Å². The van der Waals surface area contributed by atoms with Crippen molar-refractivity contribution in [2.75, 3.05) is 26.3 Å². The number of nitrogens with zero attached hydrogens (tertiary/aromatic N) is 1. The van der Waals surface area contributed by atoms with Gasteiger partial charge in [-0.2, -0.15) is 0 Å². The van der Waals surface area contributed by atoms with Crippen molar-refractivity contribution in [1.29, 1.82) is 0 Å². The van der Waals surface area contributed by atoms with Gasteiger partial charge in [0.25, 0.3) is 0 Å². The van der Waals surface area contributed by atoms with Gasteiger partial charge >= 0.3 is 0 Å². The third-order valence-corrected chi connectivity index (χ3v) is 3.61. The van der Waals surface area contributed by atoms with E-state index in [-0.39, 0.29) is 17.7 Å². The largest absolute Gasteiger partial charge is 0.378 e. The summed E-state index contributed by atoms with van der Waals surface area (Å²) in [5, 5.41) is 2.70. The third kappa shape index (κ3) is 4.47. The molecule has 0 aromatic carbocycles. The first kappa shape index (κ1) is 15.9. The molecular weight excluding hydrogens is 246 g/mol. The molecule has 1 aliphatic heterocycles. The highest BCUT2D eigenvalue weighted by Crippen LogP contribution is 2.06. The van der Waals surface area contributed by atoms with Crippen LogP contribution in [0, 0.1) is 5.92 Å². The Labute approximate surface area is 114 Å². The predicted molar refractivity (Wildman–Crippen MR) is 72.4 cm³/mol. The Balaban J connectivity index is 2.46. The zero-order valence-electron chi connectivity index (χ0n) is 12.0. The third-order valence-electron chi connectivity index (χ3n) is 3.61. The molecule has 0 bridgehead atoms. The van der Waals surface area contributed by atoms with E-state index in [0.717, 1.165) is 6.42 Å². The van der Waals surface area contributed by atoms with E-state index in [0.29, 0.717) is 26.3 Å². The zero-order valence-corrected chi connectivity index (χ0v) is 12.0. The molecule has 1 aliphatic rings. The van der Waals surface area contributed by atoms with Crippen LogP contribution in [0.5, 0.6) is 0 Å². The lowest BCUT2D eigenvalue weighted by Gasteiger charge is -2.30. The molecule has 0 aliphatic carbocycles. The number of hydrogen-bond donors (Lipinski definition) is 2. The van der Waals surface area contributed by atoms with E-state index in [1.165, 1.54) is 0 Å². The normalized spacial score (nSPS) is 20.5. The summed E-state index contributed by atoms with van der Waals surface area (Å²) < 4.78 is 5.19. The molecule has 0 aromatic heterocycles. The van der Waals surface area contributed by atoms with Crippen LogP contribution in [0.4, 0.5) is 0 Å². The van der Waals surface area contributed by atoms with Gasteiger partial charge in [0.1, 0.15) is 6.04 Å². The number of nitrogens with two attached hydrogens (primary N) is 1. The number of amides is 2. The fourth-order valence-corrected chi connectivity index (χ4v) is 1.94. The summed E-state index contributed by atoms with van der Waals surface area (Å²) in [5.74, 6) is -0.234. The van der Waals surface area contributed by atoms with E-state index >= 15 is 0 Å². The topological polar surface area (TPSA) is 84.7 Å². The summed E-state index contributed by atoms with van der Waals surface area (Å²) in [5.41, 5.74) is 5.84. The molecule has 2 unspecified atom stereocenters. The number of morpholine rings is 1. The number of carbonyl (C=O) groups is 2. The molecule has 110 valence electrons. The molecule has 1 rings (SSSR count). The van der Waals surface area contributed by atoms with Crippen molar-refractivity contribution in [3.8, 4) is 0 Å². The fraction of sp³-hybridized carbons (Fsp3) is 0.846. The number of rotatable bonds is 5. The van der Waals surface area contributed by atoms with Gasteiger partial charge in [0.2, 0.25) is 11.8 Å². The summed E-state index contributed by atoms with van der Waals surface area (Å²) in [4.78, 5) is 25.7. The van der Waals surface area contributed by atoms with Crippen LogP contribution in [-0.4, -0.2) is 55.1 Å². The van der Waals surface area contributed by atoms with Crippen LogP contribution < -0.4 is 11.1 Å². The van der Waals surface area contributed by atoms with Crippen LogP contribution in [0.15, 0.2) is 0 Å². The van der Waals surface area contributed by atoms with Crippen molar-refractivity contribution in [3.05, 3.63) is 0 Å². The van der Waals surface area contributed by atoms with Crippen molar-refractivity contribution in [2.24, 2.45) is 11.7 Å². The average molecular weight is 271 g/mol. The van der Waals surface area contributed by atoms with E-state index in [1.54, 1.807) is 11.8 Å². The Kier molecular flexibility index (Phi) is 6.24. The molecule has 19 heavy (non-hydrogen) atoms. The molecular formula is C13H25N3O3. The van der Waals surface area contributed by atoms with Crippen LogP contribution in [0.3, 0.4) is 0 Å². The van der Waals surface area contributed by atoms with Crippen molar-refractivity contribution in [1.82, 2.24) is 10.2 Å². The second-order valence-electron chi connectivity index (χ2n) is 5.08. The molecule has 1 heterocycles. The number of hydrogen-bond acceptors (Lipinski definition) is 4. The molecule has 0 aromatic rings. The van der Waals surface area contributed by atoms with Crippen molar-refractivity contribution < 1.29 is 14.3 Å². The first-order chi connectivity index (χ1) is 8.97. The minimum Gasteiger partial charge on any atom is -0.378 e. The van der Waals surface area contributed by atoms with Gasteiger partial charge in [-0.1, -0.05) is 20.3 Å². The second kappa shape index (κ2) is 7.45. The monoisotopic (exact) mass is 271 g/mol. The summed E-state index contributed by atoms with van der Waals surface area (Å²) in [7, 11) is 0. The Bertz CT molecular complexity index is 316. The number of carbonyl (C=O) groups excluding carboxylic acids is 2. The van der Waals surface area contributed by atoms with E-state index in [4.69, 9.17) is 10.5 Å². The fourth-order valence-electron chi connectivity index (χ4n) is 1.94. The second-order valence-corrected chi connectivity index (χ2v) is 5.08. The smallest absolute Gasteiger partial charge is 0.245 e. The lowest BCUT2D eigenvalue weighted by atomic mass is 9.99. The molecule has 0 saturated carbocycles. The van der Waals surface area contributed by atoms with Gasteiger partial charge < -0.3 is 20.7 Å². The van der Waals surface area contributed by atoms with Crippen LogP contribution >= 0.6 is 0 Å². The number of ether oxygens (including phenoxy) is 1. The van der Waals surface area contributed by atoms with E-state index in [1.807, 2.05) is 13.8 Å². The standard InChI is InChI=1S/C13H25N3O3/c1-4-9(2)11(14)12(17)15-10(3)13(18)16-5-7-19-8-6-16/h9-11H,4-8,14H2,1-3H3,(H,15,17)/t9?,10?,11-/m0/s1. The minimum absolute atomic E-state index is 0.0759. The maximum absolute atomic E-state index is 12.1. The Hall–Kier alpha value is -1.14. The molecule has 1 fully saturated rings. The zero-order chi connectivity index (χ0) is 14.4. The highest BCUT2D eigenvalue weighted by Gasteiger charge is 2.26. The molecule has 1 saturated heterocycles. The number of nitrogens with one attached hydrogen (secondary N) is 1. The van der Waals surface area contributed by atoms with Gasteiger partial charge in [0.05, 0.1) is 19.3 Å². The maximum Gasteiger partial charge on any atom is 0.245 e. The lowest BCUT2D eigenvalue weighted by molar-refractivity contribution is -0.139. The summed E-state index contributed by atoms with van der Waals surface area (Å²) in [6.07, 6.45) is 0.834. The van der Waals surface area contributed by atoms with Gasteiger partial charge in [0.15, 0.2) is 0 Å². The van der Waals surface area contributed by atoms with Gasteiger partial charge in [-0.3, -0.25) is 9.59 Å². The lowest BCUT2D eigenvalue weighted by Crippen LogP contribution is -2.54.